The molecule has 3 fully saturated rings. The van der Waals surface area contributed by atoms with E-state index in [-0.39, 0.29) is 23.8 Å². The molecule has 4 aromatic rings. The molecule has 2 aromatic heterocycles. The fourth-order valence-electron chi connectivity index (χ4n) is 6.71. The van der Waals surface area contributed by atoms with Crippen LogP contribution in [0.3, 0.4) is 0 Å². The second kappa shape index (κ2) is 13.9. The second-order valence-electron chi connectivity index (χ2n) is 12.6. The summed E-state index contributed by atoms with van der Waals surface area (Å²) < 4.78 is 27.8. The number of benzene rings is 2. The van der Waals surface area contributed by atoms with Gasteiger partial charge in [-0.3, -0.25) is 0 Å². The van der Waals surface area contributed by atoms with E-state index in [2.05, 4.69) is 56.3 Å². The lowest BCUT2D eigenvalue weighted by molar-refractivity contribution is -0.231. The summed E-state index contributed by atoms with van der Waals surface area (Å²) in [5, 5.41) is 12.9. The summed E-state index contributed by atoms with van der Waals surface area (Å²) in [6, 6.07) is 16.5. The Balaban J connectivity index is 0.902. The Morgan fingerprint density at radius 1 is 0.894 bits per heavy atom. The summed E-state index contributed by atoms with van der Waals surface area (Å²) in [6.45, 7) is 10.4. The molecule has 7 rings (SSSR count). The molecular formula is C34H44N8O5. The number of ether oxygens (including phenoxy) is 4. The number of hydrogen-bond donors (Lipinski definition) is 0. The molecule has 13 heteroatoms. The van der Waals surface area contributed by atoms with E-state index in [1.807, 2.05) is 31.2 Å². The average Bonchev–Trinajstić information content (AvgIpc) is 3.89. The number of nitrogens with zero attached hydrogens (tertiary/aromatic N) is 8. The van der Waals surface area contributed by atoms with Gasteiger partial charge in [0.2, 0.25) is 0 Å². The van der Waals surface area contributed by atoms with Gasteiger partial charge in [-0.1, -0.05) is 6.92 Å². The van der Waals surface area contributed by atoms with Crippen LogP contribution in [0.25, 0.3) is 5.69 Å². The van der Waals surface area contributed by atoms with E-state index in [4.69, 9.17) is 18.9 Å². The van der Waals surface area contributed by atoms with Crippen molar-refractivity contribution in [3.05, 3.63) is 77.7 Å². The largest absolute Gasteiger partial charge is 0.491 e. The highest BCUT2D eigenvalue weighted by molar-refractivity contribution is 5.54. The van der Waals surface area contributed by atoms with Gasteiger partial charge in [0.15, 0.2) is 5.79 Å². The van der Waals surface area contributed by atoms with Gasteiger partial charge in [0.1, 0.15) is 31.3 Å². The van der Waals surface area contributed by atoms with Crippen molar-refractivity contribution in [2.45, 2.75) is 57.6 Å². The molecule has 3 saturated heterocycles. The summed E-state index contributed by atoms with van der Waals surface area (Å²) in [6.07, 6.45) is 7.39. The summed E-state index contributed by atoms with van der Waals surface area (Å²) in [7, 11) is 0. The number of rotatable bonds is 11. The number of aromatic nitrogens is 6. The Labute approximate surface area is 274 Å². The van der Waals surface area contributed by atoms with Crippen LogP contribution in [0.4, 0.5) is 11.4 Å². The van der Waals surface area contributed by atoms with Gasteiger partial charge >= 0.3 is 5.69 Å². The predicted molar refractivity (Wildman–Crippen MR) is 176 cm³/mol. The van der Waals surface area contributed by atoms with Gasteiger partial charge in [-0.05, 0) is 74.7 Å². The molecule has 0 spiro atoms. The fourth-order valence-corrected chi connectivity index (χ4v) is 6.71. The minimum Gasteiger partial charge on any atom is -0.491 e. The van der Waals surface area contributed by atoms with Crippen molar-refractivity contribution in [1.82, 2.24) is 29.3 Å². The molecule has 0 N–H and O–H groups in total. The molecule has 5 heterocycles. The third-order valence-corrected chi connectivity index (χ3v) is 9.66. The van der Waals surface area contributed by atoms with E-state index in [0.717, 1.165) is 62.6 Å². The molecule has 250 valence electrons. The van der Waals surface area contributed by atoms with Gasteiger partial charge in [-0.25, -0.2) is 14.0 Å². The van der Waals surface area contributed by atoms with Crippen LogP contribution in [0, 0.1) is 5.92 Å². The highest BCUT2D eigenvalue weighted by atomic mass is 16.8. The third kappa shape index (κ3) is 6.78. The molecule has 13 nitrogen and oxygen atoms in total. The van der Waals surface area contributed by atoms with E-state index >= 15 is 0 Å². The first-order valence-corrected chi connectivity index (χ1v) is 16.7. The molecule has 2 aromatic carbocycles. The van der Waals surface area contributed by atoms with Crippen molar-refractivity contribution in [2.24, 2.45) is 5.92 Å². The molecule has 3 aliphatic heterocycles. The maximum Gasteiger partial charge on any atom is 0.350 e. The standard InChI is InChI=1S/C34H44N8O5/c1-3-26(2)42-33(43)40(25-37-42)30-6-4-28(5-7-30)38-16-18-39(19-17-38)29-8-10-31(11-9-29)45-22-32-23-46-34(47-32,24-41-35-14-15-36-41)27-12-20-44-21-13-27/h4-11,14-15,25-27,32H,3,12-13,16-24H2,1-2H3. The molecule has 0 bridgehead atoms. The van der Waals surface area contributed by atoms with Gasteiger partial charge in [0.25, 0.3) is 0 Å². The highest BCUT2D eigenvalue weighted by Gasteiger charge is 2.49. The lowest BCUT2D eigenvalue weighted by Gasteiger charge is -2.37. The van der Waals surface area contributed by atoms with Gasteiger partial charge in [-0.15, -0.1) is 0 Å². The first kappa shape index (κ1) is 31.4. The molecule has 3 atom stereocenters. The predicted octanol–water partition coefficient (Wildman–Crippen LogP) is 3.54. The number of piperazine rings is 1. The van der Waals surface area contributed by atoms with Gasteiger partial charge in [-0.2, -0.15) is 20.1 Å². The van der Waals surface area contributed by atoms with Crippen molar-refractivity contribution in [3.63, 3.8) is 0 Å². The Hall–Kier alpha value is -4.20. The molecule has 0 saturated carbocycles. The van der Waals surface area contributed by atoms with Crippen LogP contribution in [0.5, 0.6) is 5.75 Å². The zero-order valence-electron chi connectivity index (χ0n) is 27.2. The van der Waals surface area contributed by atoms with Crippen molar-refractivity contribution < 1.29 is 18.9 Å². The van der Waals surface area contributed by atoms with Crippen molar-refractivity contribution in [3.8, 4) is 11.4 Å². The van der Waals surface area contributed by atoms with Crippen molar-refractivity contribution >= 4 is 11.4 Å². The summed E-state index contributed by atoms with van der Waals surface area (Å²) in [5.74, 6) is 0.242. The van der Waals surface area contributed by atoms with Crippen LogP contribution in [-0.4, -0.2) is 93.8 Å². The van der Waals surface area contributed by atoms with E-state index in [0.29, 0.717) is 33.0 Å². The van der Waals surface area contributed by atoms with E-state index < -0.39 is 5.79 Å². The van der Waals surface area contributed by atoms with Crippen LogP contribution in [0.1, 0.15) is 39.2 Å². The van der Waals surface area contributed by atoms with Crippen LogP contribution in [0.15, 0.2) is 72.0 Å². The van der Waals surface area contributed by atoms with Gasteiger partial charge in [0.05, 0.1) is 30.7 Å². The summed E-state index contributed by atoms with van der Waals surface area (Å²) >= 11 is 0. The van der Waals surface area contributed by atoms with E-state index in [1.165, 1.54) is 5.69 Å². The molecule has 0 amide bonds. The van der Waals surface area contributed by atoms with Crippen LogP contribution < -0.4 is 20.2 Å². The zero-order chi connectivity index (χ0) is 32.2. The zero-order valence-corrected chi connectivity index (χ0v) is 27.2. The summed E-state index contributed by atoms with van der Waals surface area (Å²) in [4.78, 5) is 19.2. The van der Waals surface area contributed by atoms with Crippen molar-refractivity contribution in [1.29, 1.82) is 0 Å². The minimum absolute atomic E-state index is 0.0740. The van der Waals surface area contributed by atoms with Crippen LogP contribution in [0.2, 0.25) is 0 Å². The van der Waals surface area contributed by atoms with Gasteiger partial charge in [0, 0.05) is 56.7 Å². The van der Waals surface area contributed by atoms with E-state index in [9.17, 15) is 4.79 Å². The smallest absolute Gasteiger partial charge is 0.350 e. The Bertz CT molecular complexity index is 1630. The Kier molecular flexibility index (Phi) is 9.27. The van der Waals surface area contributed by atoms with Crippen LogP contribution >= 0.6 is 0 Å². The second-order valence-corrected chi connectivity index (χ2v) is 12.6. The first-order chi connectivity index (χ1) is 23.0. The quantitative estimate of drug-likeness (QED) is 0.240. The summed E-state index contributed by atoms with van der Waals surface area (Å²) in [5.41, 5.74) is 3.05. The molecule has 0 radical (unpaired) electrons. The normalized spacial score (nSPS) is 22.9. The molecule has 3 unspecified atom stereocenters. The highest BCUT2D eigenvalue weighted by Crippen LogP contribution is 2.38. The SMILES string of the molecule is CCC(C)n1ncn(-c2ccc(N3CCN(c4ccc(OCC5COC(Cn6nccn6)(C6CCOCC6)O5)cc4)CC3)cc2)c1=O. The topological polar surface area (TPSA) is 114 Å². The minimum atomic E-state index is -0.776. The number of hydrogen-bond acceptors (Lipinski definition) is 10. The monoisotopic (exact) mass is 644 g/mol. The van der Waals surface area contributed by atoms with Crippen LogP contribution in [-0.2, 0) is 20.8 Å². The Morgan fingerprint density at radius 2 is 1.51 bits per heavy atom. The fraction of sp³-hybridized carbons (Fsp3) is 0.529. The van der Waals surface area contributed by atoms with Gasteiger partial charge < -0.3 is 28.7 Å². The lowest BCUT2D eigenvalue weighted by atomic mass is 9.90. The molecular weight excluding hydrogens is 600 g/mol. The molecule has 0 aliphatic carbocycles. The lowest BCUT2D eigenvalue weighted by Crippen LogP contribution is -2.47. The molecule has 47 heavy (non-hydrogen) atoms. The number of anilines is 2. The first-order valence-electron chi connectivity index (χ1n) is 16.7. The third-order valence-electron chi connectivity index (χ3n) is 9.66. The Morgan fingerprint density at radius 3 is 2.15 bits per heavy atom. The van der Waals surface area contributed by atoms with E-state index in [1.54, 1.807) is 32.8 Å². The van der Waals surface area contributed by atoms with Crippen molar-refractivity contribution in [2.75, 3.05) is 62.4 Å². The maximum atomic E-state index is 12.8. The molecule has 3 aliphatic rings. The maximum absolute atomic E-state index is 12.8. The average molecular weight is 645 g/mol.